The van der Waals surface area contributed by atoms with Crippen LogP contribution in [0.1, 0.15) is 30.2 Å². The summed E-state index contributed by atoms with van der Waals surface area (Å²) in [6, 6.07) is 7.75. The Morgan fingerprint density at radius 1 is 1.30 bits per heavy atom. The van der Waals surface area contributed by atoms with Crippen molar-refractivity contribution in [2.24, 2.45) is 0 Å². The molecule has 27 heavy (non-hydrogen) atoms. The summed E-state index contributed by atoms with van der Waals surface area (Å²) in [5.41, 5.74) is -0.408. The first-order valence-corrected chi connectivity index (χ1v) is 7.99. The number of nitrogens with zero attached hydrogens (tertiary/aromatic N) is 5. The minimum absolute atomic E-state index is 0.108. The van der Waals surface area contributed by atoms with E-state index in [0.29, 0.717) is 17.6 Å². The second-order valence-electron chi connectivity index (χ2n) is 5.94. The molecule has 2 aromatic heterocycles. The van der Waals surface area contributed by atoms with E-state index >= 15 is 0 Å². The third-order valence-electron chi connectivity index (χ3n) is 3.75. The Kier molecular flexibility index (Phi) is 4.88. The molecular weight excluding hydrogens is 355 g/mol. The molecule has 1 N–H and O–H groups in total. The maximum Gasteiger partial charge on any atom is 0.285 e. The minimum Gasteiger partial charge on any atom is -0.310 e. The standard InChI is InChI=1S/C17H15FN6O3/c1-10(2)23-9-19-22-16(23)13-4-3-5-15(20-13)21-17(25)12-7-6-11(18)8-14(12)24(26)27/h3-10H,1-2H3,(H,20,21,25). The molecule has 0 spiro atoms. The zero-order valence-electron chi connectivity index (χ0n) is 14.5. The number of pyridine rings is 1. The molecular formula is C17H15FN6O3. The third-order valence-corrected chi connectivity index (χ3v) is 3.75. The molecule has 0 saturated heterocycles. The van der Waals surface area contributed by atoms with E-state index in [9.17, 15) is 19.3 Å². The van der Waals surface area contributed by atoms with E-state index in [1.807, 2.05) is 18.4 Å². The van der Waals surface area contributed by atoms with Gasteiger partial charge in [-0.25, -0.2) is 9.37 Å². The number of hydrogen-bond donors (Lipinski definition) is 1. The van der Waals surface area contributed by atoms with E-state index in [-0.39, 0.29) is 17.4 Å². The Hall–Kier alpha value is -3.69. The molecule has 3 aromatic rings. The van der Waals surface area contributed by atoms with Gasteiger partial charge in [-0.2, -0.15) is 0 Å². The lowest BCUT2D eigenvalue weighted by Gasteiger charge is -2.10. The van der Waals surface area contributed by atoms with Gasteiger partial charge in [-0.3, -0.25) is 14.9 Å². The highest BCUT2D eigenvalue weighted by atomic mass is 19.1. The van der Waals surface area contributed by atoms with Gasteiger partial charge in [0, 0.05) is 6.04 Å². The van der Waals surface area contributed by atoms with Crippen LogP contribution in [-0.2, 0) is 0 Å². The van der Waals surface area contributed by atoms with Gasteiger partial charge in [-0.15, -0.1) is 10.2 Å². The van der Waals surface area contributed by atoms with Crippen LogP contribution in [0.15, 0.2) is 42.7 Å². The summed E-state index contributed by atoms with van der Waals surface area (Å²) in [5.74, 6) is -0.869. The quantitative estimate of drug-likeness (QED) is 0.544. The van der Waals surface area contributed by atoms with Crippen LogP contribution in [0.5, 0.6) is 0 Å². The predicted octanol–water partition coefficient (Wildman–Crippen LogP) is 3.22. The second-order valence-corrected chi connectivity index (χ2v) is 5.94. The van der Waals surface area contributed by atoms with E-state index < -0.39 is 22.3 Å². The topological polar surface area (TPSA) is 116 Å². The van der Waals surface area contributed by atoms with Gasteiger partial charge in [0.1, 0.15) is 29.2 Å². The maximum absolute atomic E-state index is 13.2. The van der Waals surface area contributed by atoms with E-state index in [0.717, 1.165) is 12.1 Å². The Balaban J connectivity index is 1.90. The number of aromatic nitrogens is 4. The largest absolute Gasteiger partial charge is 0.310 e. The monoisotopic (exact) mass is 370 g/mol. The number of nitrogens with one attached hydrogen (secondary N) is 1. The van der Waals surface area contributed by atoms with E-state index in [2.05, 4.69) is 20.5 Å². The molecule has 0 bridgehead atoms. The summed E-state index contributed by atoms with van der Waals surface area (Å²) < 4.78 is 15.1. The lowest BCUT2D eigenvalue weighted by Crippen LogP contribution is -2.15. The summed E-state index contributed by atoms with van der Waals surface area (Å²) in [6.45, 7) is 3.93. The summed E-state index contributed by atoms with van der Waals surface area (Å²) in [7, 11) is 0. The predicted molar refractivity (Wildman–Crippen MR) is 94.6 cm³/mol. The molecule has 138 valence electrons. The zero-order valence-corrected chi connectivity index (χ0v) is 14.5. The minimum atomic E-state index is -0.813. The fraction of sp³-hybridized carbons (Fsp3) is 0.176. The number of rotatable bonds is 5. The van der Waals surface area contributed by atoms with Crippen molar-refractivity contribution in [3.05, 3.63) is 64.2 Å². The molecule has 0 aliphatic heterocycles. The molecule has 1 aromatic carbocycles. The lowest BCUT2D eigenvalue weighted by atomic mass is 10.1. The highest BCUT2D eigenvalue weighted by Crippen LogP contribution is 2.23. The van der Waals surface area contributed by atoms with Crippen molar-refractivity contribution >= 4 is 17.4 Å². The van der Waals surface area contributed by atoms with Gasteiger partial charge in [0.15, 0.2) is 5.82 Å². The van der Waals surface area contributed by atoms with Crippen LogP contribution in [0.3, 0.4) is 0 Å². The van der Waals surface area contributed by atoms with Gasteiger partial charge in [-0.05, 0) is 38.1 Å². The smallest absolute Gasteiger partial charge is 0.285 e. The first kappa shape index (κ1) is 18.1. The van der Waals surface area contributed by atoms with Gasteiger partial charge in [0.25, 0.3) is 11.6 Å². The third kappa shape index (κ3) is 3.78. The van der Waals surface area contributed by atoms with Crippen LogP contribution in [0.25, 0.3) is 11.5 Å². The van der Waals surface area contributed by atoms with Crippen molar-refractivity contribution in [3.8, 4) is 11.5 Å². The average Bonchev–Trinajstić information content (AvgIpc) is 3.12. The van der Waals surface area contributed by atoms with Crippen LogP contribution in [0.4, 0.5) is 15.9 Å². The van der Waals surface area contributed by atoms with Gasteiger partial charge < -0.3 is 9.88 Å². The van der Waals surface area contributed by atoms with E-state index in [4.69, 9.17) is 0 Å². The molecule has 0 fully saturated rings. The average molecular weight is 370 g/mol. The van der Waals surface area contributed by atoms with Gasteiger partial charge >= 0.3 is 0 Å². The van der Waals surface area contributed by atoms with Crippen LogP contribution in [-0.4, -0.2) is 30.6 Å². The molecule has 0 unspecified atom stereocenters. The van der Waals surface area contributed by atoms with Gasteiger partial charge in [-0.1, -0.05) is 6.07 Å². The number of carbonyl (C=O) groups is 1. The highest BCUT2D eigenvalue weighted by Gasteiger charge is 2.21. The molecule has 0 atom stereocenters. The number of benzene rings is 1. The van der Waals surface area contributed by atoms with Crippen LogP contribution in [0.2, 0.25) is 0 Å². The number of halogens is 1. The van der Waals surface area contributed by atoms with Crippen LogP contribution >= 0.6 is 0 Å². The zero-order chi connectivity index (χ0) is 19.6. The fourth-order valence-electron chi connectivity index (χ4n) is 2.46. The first-order chi connectivity index (χ1) is 12.9. The summed E-state index contributed by atoms with van der Waals surface area (Å²) in [5, 5.41) is 21.5. The molecule has 2 heterocycles. The Morgan fingerprint density at radius 3 is 2.78 bits per heavy atom. The van der Waals surface area contributed by atoms with E-state index in [1.165, 1.54) is 6.07 Å². The maximum atomic E-state index is 13.2. The molecule has 0 saturated carbocycles. The molecule has 0 aliphatic rings. The second kappa shape index (κ2) is 7.28. The van der Waals surface area contributed by atoms with Crippen molar-refractivity contribution in [3.63, 3.8) is 0 Å². The summed E-state index contributed by atoms with van der Waals surface area (Å²) >= 11 is 0. The highest BCUT2D eigenvalue weighted by molar-refractivity contribution is 6.06. The van der Waals surface area contributed by atoms with Gasteiger partial charge in [0.05, 0.1) is 11.0 Å². The van der Waals surface area contributed by atoms with Crippen molar-refractivity contribution in [1.29, 1.82) is 0 Å². The number of anilines is 1. The number of hydrogen-bond acceptors (Lipinski definition) is 6. The normalized spacial score (nSPS) is 10.8. The van der Waals surface area contributed by atoms with Crippen LogP contribution < -0.4 is 5.32 Å². The summed E-state index contributed by atoms with van der Waals surface area (Å²) in [6.07, 6.45) is 1.58. The Labute approximate surface area is 153 Å². The lowest BCUT2D eigenvalue weighted by molar-refractivity contribution is -0.385. The van der Waals surface area contributed by atoms with Crippen LogP contribution in [0, 0.1) is 15.9 Å². The number of carbonyl (C=O) groups excluding carboxylic acids is 1. The molecule has 3 rings (SSSR count). The van der Waals surface area contributed by atoms with Crippen molar-refractivity contribution in [1.82, 2.24) is 19.7 Å². The number of nitro groups is 1. The number of nitro benzene ring substituents is 1. The van der Waals surface area contributed by atoms with Crippen molar-refractivity contribution in [2.75, 3.05) is 5.32 Å². The summed E-state index contributed by atoms with van der Waals surface area (Å²) in [4.78, 5) is 27.0. The van der Waals surface area contributed by atoms with Crippen molar-refractivity contribution in [2.45, 2.75) is 19.9 Å². The Morgan fingerprint density at radius 2 is 2.07 bits per heavy atom. The SMILES string of the molecule is CC(C)n1cnnc1-c1cccc(NC(=O)c2ccc(F)cc2[N+](=O)[O-])n1. The fourth-order valence-corrected chi connectivity index (χ4v) is 2.46. The molecule has 0 aliphatic carbocycles. The van der Waals surface area contributed by atoms with Gasteiger partial charge in [0.2, 0.25) is 0 Å². The van der Waals surface area contributed by atoms with Crippen molar-refractivity contribution < 1.29 is 14.1 Å². The van der Waals surface area contributed by atoms with E-state index in [1.54, 1.807) is 18.5 Å². The molecule has 0 radical (unpaired) electrons. The molecule has 1 amide bonds. The molecule has 9 nitrogen and oxygen atoms in total. The Bertz CT molecular complexity index is 1020. The first-order valence-electron chi connectivity index (χ1n) is 7.99. The number of amides is 1. The molecule has 10 heteroatoms.